The van der Waals surface area contributed by atoms with Crippen molar-refractivity contribution in [1.29, 1.82) is 0 Å². The summed E-state index contributed by atoms with van der Waals surface area (Å²) in [4.78, 5) is 2.76. The summed E-state index contributed by atoms with van der Waals surface area (Å²) in [5.41, 5.74) is 7.67. The maximum Gasteiger partial charge on any atom is 0.129 e. The third-order valence-electron chi connectivity index (χ3n) is 3.25. The molecule has 1 heterocycles. The molecule has 5 heteroatoms. The van der Waals surface area contributed by atoms with Gasteiger partial charge in [0.1, 0.15) is 10.7 Å². The first kappa shape index (κ1) is 14.2. The summed E-state index contributed by atoms with van der Waals surface area (Å²) in [5, 5.41) is 0. The minimum Gasteiger partial charge on any atom is -0.496 e. The van der Waals surface area contributed by atoms with Crippen LogP contribution in [0.2, 0.25) is 0 Å². The van der Waals surface area contributed by atoms with Crippen molar-refractivity contribution in [3.05, 3.63) is 29.3 Å². The SMILES string of the molecule is COc1cc(CN2CCCOCC2)ccc1C(N)=S. The van der Waals surface area contributed by atoms with Crippen LogP contribution in [0.15, 0.2) is 18.2 Å². The van der Waals surface area contributed by atoms with E-state index >= 15 is 0 Å². The zero-order chi connectivity index (χ0) is 13.7. The molecule has 1 aromatic rings. The van der Waals surface area contributed by atoms with Crippen molar-refractivity contribution in [3.8, 4) is 5.75 Å². The van der Waals surface area contributed by atoms with Crippen LogP contribution in [0.25, 0.3) is 0 Å². The van der Waals surface area contributed by atoms with E-state index in [-0.39, 0.29) is 0 Å². The van der Waals surface area contributed by atoms with E-state index in [1.165, 1.54) is 5.56 Å². The number of hydrogen-bond acceptors (Lipinski definition) is 4. The minimum atomic E-state index is 0.367. The van der Waals surface area contributed by atoms with Crippen LogP contribution >= 0.6 is 12.2 Å². The average molecular weight is 280 g/mol. The largest absolute Gasteiger partial charge is 0.496 e. The van der Waals surface area contributed by atoms with Crippen molar-refractivity contribution in [3.63, 3.8) is 0 Å². The molecule has 0 aromatic heterocycles. The van der Waals surface area contributed by atoms with E-state index in [9.17, 15) is 0 Å². The van der Waals surface area contributed by atoms with E-state index in [0.29, 0.717) is 4.99 Å². The Bertz CT molecular complexity index is 443. The summed E-state index contributed by atoms with van der Waals surface area (Å²) in [6.07, 6.45) is 1.09. The Hall–Kier alpha value is -1.17. The third kappa shape index (κ3) is 3.89. The molecule has 0 unspecified atom stereocenters. The first-order valence-corrected chi connectivity index (χ1v) is 6.88. The van der Waals surface area contributed by atoms with Crippen molar-refractivity contribution in [2.24, 2.45) is 5.73 Å². The van der Waals surface area contributed by atoms with E-state index in [1.54, 1.807) is 7.11 Å². The number of nitrogens with two attached hydrogens (primary N) is 1. The lowest BCUT2D eigenvalue weighted by Crippen LogP contribution is -2.25. The van der Waals surface area contributed by atoms with Gasteiger partial charge in [-0.1, -0.05) is 18.3 Å². The van der Waals surface area contributed by atoms with E-state index in [2.05, 4.69) is 11.0 Å². The summed E-state index contributed by atoms with van der Waals surface area (Å²) in [5.74, 6) is 0.746. The molecule has 0 radical (unpaired) electrons. The molecule has 1 aromatic carbocycles. The molecule has 2 N–H and O–H groups in total. The summed E-state index contributed by atoms with van der Waals surface area (Å²) >= 11 is 5.01. The first-order valence-electron chi connectivity index (χ1n) is 6.47. The normalized spacial score (nSPS) is 16.9. The fourth-order valence-corrected chi connectivity index (χ4v) is 2.42. The van der Waals surface area contributed by atoms with Gasteiger partial charge in [-0.3, -0.25) is 4.90 Å². The van der Waals surface area contributed by atoms with Gasteiger partial charge in [0.05, 0.1) is 19.3 Å². The highest BCUT2D eigenvalue weighted by atomic mass is 32.1. The van der Waals surface area contributed by atoms with Crippen molar-refractivity contribution in [2.75, 3.05) is 33.4 Å². The standard InChI is InChI=1S/C14H20N2O2S/c1-17-13-9-11(3-4-12(13)14(15)19)10-16-5-2-7-18-8-6-16/h3-4,9H,2,5-8,10H2,1H3,(H2,15,19). The molecule has 0 spiro atoms. The Morgan fingerprint density at radius 2 is 2.26 bits per heavy atom. The van der Waals surface area contributed by atoms with E-state index in [4.69, 9.17) is 27.4 Å². The van der Waals surface area contributed by atoms with Gasteiger partial charge in [0.25, 0.3) is 0 Å². The number of rotatable bonds is 4. The van der Waals surface area contributed by atoms with Crippen LogP contribution in [-0.2, 0) is 11.3 Å². The van der Waals surface area contributed by atoms with Crippen molar-refractivity contribution in [2.45, 2.75) is 13.0 Å². The average Bonchev–Trinajstić information content (AvgIpc) is 2.67. The molecule has 1 fully saturated rings. The topological polar surface area (TPSA) is 47.7 Å². The maximum absolute atomic E-state index is 5.67. The molecule has 19 heavy (non-hydrogen) atoms. The molecule has 0 aliphatic carbocycles. The van der Waals surface area contributed by atoms with Gasteiger partial charge in [-0.25, -0.2) is 0 Å². The van der Waals surface area contributed by atoms with Crippen molar-refractivity contribution >= 4 is 17.2 Å². The fraction of sp³-hybridized carbons (Fsp3) is 0.500. The summed E-state index contributed by atoms with van der Waals surface area (Å²) in [6.45, 7) is 4.61. The van der Waals surface area contributed by atoms with Gasteiger partial charge in [0, 0.05) is 26.2 Å². The number of benzene rings is 1. The summed E-state index contributed by atoms with van der Waals surface area (Å²) in [6, 6.07) is 6.01. The molecule has 0 saturated carbocycles. The van der Waals surface area contributed by atoms with Gasteiger partial charge in [-0.15, -0.1) is 0 Å². The Morgan fingerprint density at radius 1 is 1.42 bits per heavy atom. The second-order valence-corrected chi connectivity index (χ2v) is 5.08. The Labute approximate surface area is 119 Å². The molecule has 104 valence electrons. The highest BCUT2D eigenvalue weighted by Gasteiger charge is 2.12. The van der Waals surface area contributed by atoms with Gasteiger partial charge in [-0.05, 0) is 24.1 Å². The fourth-order valence-electron chi connectivity index (χ4n) is 2.25. The number of ether oxygens (including phenoxy) is 2. The molecule has 1 aliphatic rings. The molecule has 1 saturated heterocycles. The molecule has 1 aliphatic heterocycles. The highest BCUT2D eigenvalue weighted by Crippen LogP contribution is 2.21. The van der Waals surface area contributed by atoms with Crippen LogP contribution in [0.3, 0.4) is 0 Å². The van der Waals surface area contributed by atoms with Gasteiger partial charge < -0.3 is 15.2 Å². The molecule has 0 atom stereocenters. The lowest BCUT2D eigenvalue weighted by Gasteiger charge is -2.19. The highest BCUT2D eigenvalue weighted by molar-refractivity contribution is 7.80. The second-order valence-electron chi connectivity index (χ2n) is 4.64. The van der Waals surface area contributed by atoms with E-state index < -0.39 is 0 Å². The lowest BCUT2D eigenvalue weighted by atomic mass is 10.1. The van der Waals surface area contributed by atoms with Crippen LogP contribution in [-0.4, -0.2) is 43.3 Å². The predicted molar refractivity (Wildman–Crippen MR) is 79.6 cm³/mol. The zero-order valence-corrected chi connectivity index (χ0v) is 12.0. The van der Waals surface area contributed by atoms with E-state index in [1.807, 2.05) is 12.1 Å². The quantitative estimate of drug-likeness (QED) is 0.848. The van der Waals surface area contributed by atoms with Gasteiger partial charge in [-0.2, -0.15) is 0 Å². The Kier molecular flexibility index (Phi) is 5.13. The monoisotopic (exact) mass is 280 g/mol. The minimum absolute atomic E-state index is 0.367. The smallest absolute Gasteiger partial charge is 0.129 e. The molecule has 0 bridgehead atoms. The van der Waals surface area contributed by atoms with Gasteiger partial charge in [0.15, 0.2) is 0 Å². The first-order chi connectivity index (χ1) is 9.20. The summed E-state index contributed by atoms with van der Waals surface area (Å²) in [7, 11) is 1.64. The van der Waals surface area contributed by atoms with Gasteiger partial charge >= 0.3 is 0 Å². The van der Waals surface area contributed by atoms with Crippen molar-refractivity contribution in [1.82, 2.24) is 4.90 Å². The number of thiocarbonyl (C=S) groups is 1. The predicted octanol–water partition coefficient (Wildman–Crippen LogP) is 1.55. The maximum atomic E-state index is 5.67. The number of methoxy groups -OCH3 is 1. The molecule has 2 rings (SSSR count). The van der Waals surface area contributed by atoms with Crippen molar-refractivity contribution < 1.29 is 9.47 Å². The number of hydrogen-bond donors (Lipinski definition) is 1. The van der Waals surface area contributed by atoms with Crippen LogP contribution in [0.1, 0.15) is 17.5 Å². The number of nitrogens with zero attached hydrogens (tertiary/aromatic N) is 1. The third-order valence-corrected chi connectivity index (χ3v) is 3.47. The van der Waals surface area contributed by atoms with E-state index in [0.717, 1.165) is 50.6 Å². The van der Waals surface area contributed by atoms with Crippen LogP contribution in [0.4, 0.5) is 0 Å². The van der Waals surface area contributed by atoms with Crippen LogP contribution < -0.4 is 10.5 Å². The summed E-state index contributed by atoms with van der Waals surface area (Å²) < 4.78 is 10.8. The zero-order valence-electron chi connectivity index (χ0n) is 11.2. The van der Waals surface area contributed by atoms with Crippen LogP contribution in [0, 0.1) is 0 Å². The van der Waals surface area contributed by atoms with Gasteiger partial charge in [0.2, 0.25) is 0 Å². The Balaban J connectivity index is 2.09. The Morgan fingerprint density at radius 3 is 3.00 bits per heavy atom. The second kappa shape index (κ2) is 6.84. The molecule has 4 nitrogen and oxygen atoms in total. The molecular weight excluding hydrogens is 260 g/mol. The molecular formula is C14H20N2O2S. The van der Waals surface area contributed by atoms with Crippen LogP contribution in [0.5, 0.6) is 5.75 Å². The lowest BCUT2D eigenvalue weighted by molar-refractivity contribution is 0.140. The molecule has 0 amide bonds.